The Kier molecular flexibility index (Phi) is 6.47. The minimum atomic E-state index is -1.78. The van der Waals surface area contributed by atoms with E-state index in [9.17, 15) is 9.90 Å². The zero-order valence-corrected chi connectivity index (χ0v) is 19.8. The number of carbonyl (C=O) groups is 1. The van der Waals surface area contributed by atoms with Gasteiger partial charge in [-0.3, -0.25) is 4.79 Å². The summed E-state index contributed by atoms with van der Waals surface area (Å²) in [6, 6.07) is 15.2. The van der Waals surface area contributed by atoms with Crippen molar-refractivity contribution >= 4 is 5.91 Å². The van der Waals surface area contributed by atoms with Crippen molar-refractivity contribution in [1.82, 2.24) is 5.32 Å². The molecular formula is C27H37NO4. The highest BCUT2D eigenvalue weighted by atomic mass is 16.5. The molecule has 5 nitrogen and oxygen atoms in total. The van der Waals surface area contributed by atoms with E-state index < -0.39 is 35.1 Å². The predicted octanol–water partition coefficient (Wildman–Crippen LogP) is 5.14. The van der Waals surface area contributed by atoms with Crippen molar-refractivity contribution in [3.05, 3.63) is 65.7 Å². The number of amides is 1. The van der Waals surface area contributed by atoms with E-state index in [2.05, 4.69) is 5.32 Å². The molecule has 1 fully saturated rings. The maximum atomic E-state index is 13.2. The van der Waals surface area contributed by atoms with Gasteiger partial charge in [-0.2, -0.15) is 0 Å². The molecule has 0 saturated heterocycles. The first-order valence-corrected chi connectivity index (χ1v) is 11.3. The zero-order valence-electron chi connectivity index (χ0n) is 21.8. The second kappa shape index (κ2) is 9.63. The van der Waals surface area contributed by atoms with Crippen LogP contribution in [0, 0.1) is 5.41 Å². The van der Waals surface area contributed by atoms with Crippen LogP contribution in [0.4, 0.5) is 0 Å². The molecule has 3 rings (SSSR count). The minimum Gasteiger partial charge on any atom is -0.493 e. The van der Waals surface area contributed by atoms with E-state index in [0.29, 0.717) is 11.3 Å². The van der Waals surface area contributed by atoms with Gasteiger partial charge in [-0.15, -0.1) is 0 Å². The van der Waals surface area contributed by atoms with Crippen LogP contribution in [0.5, 0.6) is 5.75 Å². The summed E-state index contributed by atoms with van der Waals surface area (Å²) in [7, 11) is 1.57. The molecule has 174 valence electrons. The van der Waals surface area contributed by atoms with Gasteiger partial charge in [0.25, 0.3) is 5.91 Å². The molecule has 0 heterocycles. The Morgan fingerprint density at radius 1 is 1.12 bits per heavy atom. The molecule has 2 aromatic carbocycles. The molecule has 0 bridgehead atoms. The number of hydrogen-bond acceptors (Lipinski definition) is 4. The molecule has 2 N–H and O–H groups in total. The fourth-order valence-corrected chi connectivity index (χ4v) is 4.11. The first kappa shape index (κ1) is 21.5. The monoisotopic (exact) mass is 441 g/mol. The van der Waals surface area contributed by atoms with E-state index in [0.717, 1.165) is 31.2 Å². The summed E-state index contributed by atoms with van der Waals surface area (Å²) in [6.07, 6.45) is 3.63. The van der Waals surface area contributed by atoms with Crippen LogP contribution in [0.1, 0.15) is 73.3 Å². The van der Waals surface area contributed by atoms with Gasteiger partial charge in [0, 0.05) is 12.5 Å². The molecule has 1 amide bonds. The molecule has 32 heavy (non-hydrogen) atoms. The van der Waals surface area contributed by atoms with Gasteiger partial charge < -0.3 is 19.9 Å². The fourth-order valence-electron chi connectivity index (χ4n) is 4.11. The third-order valence-corrected chi connectivity index (χ3v) is 6.61. The van der Waals surface area contributed by atoms with E-state index in [1.807, 2.05) is 26.8 Å². The number of benzene rings is 2. The van der Waals surface area contributed by atoms with Gasteiger partial charge in [0.05, 0.1) is 20.9 Å². The topological polar surface area (TPSA) is 67.8 Å². The lowest BCUT2D eigenvalue weighted by molar-refractivity contribution is -0.142. The van der Waals surface area contributed by atoms with Crippen LogP contribution in [-0.2, 0) is 15.1 Å². The Bertz CT molecular complexity index is 968. The van der Waals surface area contributed by atoms with Gasteiger partial charge >= 0.3 is 0 Å². The van der Waals surface area contributed by atoms with Crippen LogP contribution in [-0.4, -0.2) is 30.3 Å². The van der Waals surface area contributed by atoms with Crippen molar-refractivity contribution in [3.8, 4) is 5.75 Å². The first-order valence-electron chi connectivity index (χ1n) is 12.3. The van der Waals surface area contributed by atoms with Gasteiger partial charge in [-0.05, 0) is 56.9 Å². The third-order valence-electron chi connectivity index (χ3n) is 6.61. The summed E-state index contributed by atoms with van der Waals surface area (Å²) in [6.45, 7) is 5.36. The van der Waals surface area contributed by atoms with Crippen LogP contribution in [0.15, 0.2) is 54.6 Å². The Hall–Kier alpha value is -2.37. The molecule has 1 aliphatic carbocycles. The molecule has 0 aliphatic heterocycles. The van der Waals surface area contributed by atoms with Crippen LogP contribution in [0.3, 0.4) is 0 Å². The molecule has 0 spiro atoms. The van der Waals surface area contributed by atoms with Crippen molar-refractivity contribution in [2.75, 3.05) is 13.7 Å². The second-order valence-electron chi connectivity index (χ2n) is 9.69. The van der Waals surface area contributed by atoms with Gasteiger partial charge in [0.1, 0.15) is 5.75 Å². The molecule has 1 saturated carbocycles. The van der Waals surface area contributed by atoms with E-state index in [1.54, 1.807) is 55.6 Å². The number of hydrogen-bond donors (Lipinski definition) is 2. The fraction of sp³-hybridized carbons (Fsp3) is 0.519. The summed E-state index contributed by atoms with van der Waals surface area (Å²) in [5.41, 5.74) is -1.77. The standard InChI is InChI=1S/C27H37NO4/c1-25(2,31-5)23(28-24(29)27(4,30)21-11-7-6-8-12-21)20-13-15-22(16-14-20)32-19-26(3)17-9-10-18-26/h6-8,11-16,23,30H,9-10,17-19H2,1-5H3,(H,28,29)/t23-,27-/m1/s1/i19D2. The number of rotatable bonds is 9. The minimum absolute atomic E-state index is 0.429. The number of ether oxygens (including phenoxy) is 2. The van der Waals surface area contributed by atoms with Gasteiger partial charge in [0.15, 0.2) is 5.60 Å². The van der Waals surface area contributed by atoms with Crippen molar-refractivity contribution in [3.63, 3.8) is 0 Å². The average molecular weight is 442 g/mol. The largest absolute Gasteiger partial charge is 0.493 e. The number of carbonyl (C=O) groups excluding carboxylic acids is 1. The molecule has 0 unspecified atom stereocenters. The Balaban J connectivity index is 1.82. The highest BCUT2D eigenvalue weighted by Gasteiger charge is 2.38. The summed E-state index contributed by atoms with van der Waals surface area (Å²) < 4.78 is 28.5. The number of methoxy groups -OCH3 is 1. The van der Waals surface area contributed by atoms with Crippen LogP contribution in [0.25, 0.3) is 0 Å². The molecule has 2 aromatic rings. The highest BCUT2D eigenvalue weighted by molar-refractivity contribution is 5.86. The van der Waals surface area contributed by atoms with Crippen LogP contribution >= 0.6 is 0 Å². The van der Waals surface area contributed by atoms with Gasteiger partial charge in [-0.1, -0.05) is 62.2 Å². The lowest BCUT2D eigenvalue weighted by atomic mass is 9.89. The highest BCUT2D eigenvalue weighted by Crippen LogP contribution is 2.38. The van der Waals surface area contributed by atoms with Crippen LogP contribution in [0.2, 0.25) is 0 Å². The maximum Gasteiger partial charge on any atom is 0.256 e. The molecule has 1 aliphatic rings. The molecule has 2 atom stereocenters. The Morgan fingerprint density at radius 2 is 1.72 bits per heavy atom. The summed E-state index contributed by atoms with van der Waals surface area (Å²) in [5.74, 6) is -0.113. The Morgan fingerprint density at radius 3 is 2.28 bits per heavy atom. The smallest absolute Gasteiger partial charge is 0.256 e. The molecule has 5 heteroatoms. The number of nitrogens with one attached hydrogen (secondary N) is 1. The quantitative estimate of drug-likeness (QED) is 0.566. The number of aliphatic hydroxyl groups is 1. The lowest BCUT2D eigenvalue weighted by Crippen LogP contribution is -2.49. The van der Waals surface area contributed by atoms with Crippen LogP contribution < -0.4 is 10.1 Å². The Labute approximate surface area is 194 Å². The molecule has 0 radical (unpaired) electrons. The van der Waals surface area contributed by atoms with E-state index >= 15 is 0 Å². The summed E-state index contributed by atoms with van der Waals surface area (Å²) in [5, 5.41) is 13.9. The average Bonchev–Trinajstić information content (AvgIpc) is 3.26. The normalized spacial score (nSPS) is 19.9. The predicted molar refractivity (Wildman–Crippen MR) is 126 cm³/mol. The van der Waals surface area contributed by atoms with Gasteiger partial charge in [-0.25, -0.2) is 0 Å². The zero-order chi connectivity index (χ0) is 25.2. The third kappa shape index (κ3) is 5.51. The summed E-state index contributed by atoms with van der Waals surface area (Å²) >= 11 is 0. The van der Waals surface area contributed by atoms with E-state index in [-0.39, 0.29) is 0 Å². The van der Waals surface area contributed by atoms with E-state index in [1.165, 1.54) is 6.92 Å². The summed E-state index contributed by atoms with van der Waals surface area (Å²) in [4.78, 5) is 13.2. The molecular weight excluding hydrogens is 402 g/mol. The van der Waals surface area contributed by atoms with E-state index in [4.69, 9.17) is 12.2 Å². The van der Waals surface area contributed by atoms with Crippen molar-refractivity contribution in [2.45, 2.75) is 70.6 Å². The van der Waals surface area contributed by atoms with Crippen molar-refractivity contribution in [1.29, 1.82) is 0 Å². The van der Waals surface area contributed by atoms with Crippen molar-refractivity contribution < 1.29 is 22.1 Å². The second-order valence-corrected chi connectivity index (χ2v) is 9.69. The molecule has 0 aromatic heterocycles. The first-order chi connectivity index (χ1) is 15.8. The van der Waals surface area contributed by atoms with Crippen molar-refractivity contribution in [2.24, 2.45) is 5.41 Å². The van der Waals surface area contributed by atoms with Gasteiger partial charge in [0.2, 0.25) is 0 Å². The maximum absolute atomic E-state index is 13.2. The lowest BCUT2D eigenvalue weighted by Gasteiger charge is -2.36. The SMILES string of the molecule is [2H]C([2H])(Oc1ccc([C@@H](NC(=O)[C@](C)(O)c2ccccc2)C(C)(C)OC)cc1)C1(C)CCCC1.